The first kappa shape index (κ1) is 19.2. The highest BCUT2D eigenvalue weighted by Crippen LogP contribution is 2.24. The van der Waals surface area contributed by atoms with Gasteiger partial charge in [-0.3, -0.25) is 9.59 Å². The number of primary amides is 1. The van der Waals surface area contributed by atoms with Crippen molar-refractivity contribution in [2.75, 3.05) is 24.5 Å². The van der Waals surface area contributed by atoms with Crippen molar-refractivity contribution in [3.63, 3.8) is 0 Å². The second-order valence-electron chi connectivity index (χ2n) is 7.51. The molecule has 0 aromatic carbocycles. The highest BCUT2D eigenvalue weighted by atomic mass is 16.2. The molecule has 1 aromatic rings. The second kappa shape index (κ2) is 8.32. The number of rotatable bonds is 6. The van der Waals surface area contributed by atoms with Gasteiger partial charge < -0.3 is 15.5 Å². The zero-order chi connectivity index (χ0) is 18.6. The first-order valence-electron chi connectivity index (χ1n) is 9.11. The number of pyridine rings is 1. The van der Waals surface area contributed by atoms with Crippen LogP contribution in [0.4, 0.5) is 5.82 Å². The van der Waals surface area contributed by atoms with Crippen molar-refractivity contribution >= 4 is 17.6 Å². The van der Waals surface area contributed by atoms with Crippen molar-refractivity contribution in [3.05, 3.63) is 23.9 Å². The van der Waals surface area contributed by atoms with Gasteiger partial charge >= 0.3 is 0 Å². The minimum absolute atomic E-state index is 0.0855. The van der Waals surface area contributed by atoms with Crippen LogP contribution in [0.15, 0.2) is 18.3 Å². The monoisotopic (exact) mass is 346 g/mol. The van der Waals surface area contributed by atoms with Crippen LogP contribution in [0, 0.1) is 11.8 Å². The number of carbonyl (C=O) groups is 2. The van der Waals surface area contributed by atoms with Crippen LogP contribution in [-0.2, 0) is 4.79 Å². The van der Waals surface area contributed by atoms with E-state index in [9.17, 15) is 9.59 Å². The molecule has 0 saturated carbocycles. The van der Waals surface area contributed by atoms with Crippen LogP contribution < -0.4 is 10.6 Å². The number of aromatic nitrogens is 1. The Morgan fingerprint density at radius 1 is 1.24 bits per heavy atom. The summed E-state index contributed by atoms with van der Waals surface area (Å²) >= 11 is 0. The number of nitrogens with zero attached hydrogens (tertiary/aromatic N) is 3. The van der Waals surface area contributed by atoms with Crippen LogP contribution in [0.25, 0.3) is 0 Å². The first-order valence-corrected chi connectivity index (χ1v) is 9.11. The summed E-state index contributed by atoms with van der Waals surface area (Å²) in [5.41, 5.74) is 5.66. The number of carbonyl (C=O) groups excluding carboxylic acids is 2. The SMILES string of the molecule is CC(C)CN(C(=O)C1CCN(c2ccc(C(N)=O)cn2)CC1)C(C)C. The largest absolute Gasteiger partial charge is 0.366 e. The number of hydrogen-bond donors (Lipinski definition) is 1. The lowest BCUT2D eigenvalue weighted by atomic mass is 9.94. The Morgan fingerprint density at radius 3 is 2.32 bits per heavy atom. The van der Waals surface area contributed by atoms with E-state index in [0.717, 1.165) is 38.3 Å². The maximum Gasteiger partial charge on any atom is 0.250 e. The molecular formula is C19H30N4O2. The molecule has 2 rings (SSSR count). The Labute approximate surface area is 150 Å². The molecule has 0 radical (unpaired) electrons. The molecule has 1 aliphatic heterocycles. The molecule has 0 atom stereocenters. The van der Waals surface area contributed by atoms with Gasteiger partial charge in [0.2, 0.25) is 11.8 Å². The van der Waals surface area contributed by atoms with Crippen LogP contribution in [0.3, 0.4) is 0 Å². The topological polar surface area (TPSA) is 79.5 Å². The van der Waals surface area contributed by atoms with Crippen LogP contribution in [0.5, 0.6) is 0 Å². The average Bonchev–Trinajstić information content (AvgIpc) is 2.59. The summed E-state index contributed by atoms with van der Waals surface area (Å²) in [6.07, 6.45) is 3.18. The summed E-state index contributed by atoms with van der Waals surface area (Å²) < 4.78 is 0. The Hall–Kier alpha value is -2.11. The van der Waals surface area contributed by atoms with Crippen molar-refractivity contribution in [2.24, 2.45) is 17.6 Å². The fraction of sp³-hybridized carbons (Fsp3) is 0.632. The highest BCUT2D eigenvalue weighted by Gasteiger charge is 2.30. The van der Waals surface area contributed by atoms with Gasteiger partial charge in [0.25, 0.3) is 0 Å². The van der Waals surface area contributed by atoms with E-state index in [-0.39, 0.29) is 17.9 Å². The van der Waals surface area contributed by atoms with Gasteiger partial charge in [-0.25, -0.2) is 4.98 Å². The van der Waals surface area contributed by atoms with E-state index in [1.165, 1.54) is 6.20 Å². The number of anilines is 1. The van der Waals surface area contributed by atoms with E-state index in [1.807, 2.05) is 11.0 Å². The maximum atomic E-state index is 12.9. The summed E-state index contributed by atoms with van der Waals surface area (Å²) in [7, 11) is 0. The van der Waals surface area contributed by atoms with E-state index in [0.29, 0.717) is 11.5 Å². The molecule has 1 aliphatic rings. The molecule has 1 fully saturated rings. The zero-order valence-corrected chi connectivity index (χ0v) is 15.7. The lowest BCUT2D eigenvalue weighted by Gasteiger charge is -2.37. The molecule has 0 spiro atoms. The van der Waals surface area contributed by atoms with Crippen LogP contribution in [0.2, 0.25) is 0 Å². The van der Waals surface area contributed by atoms with E-state index in [1.54, 1.807) is 6.07 Å². The highest BCUT2D eigenvalue weighted by molar-refractivity contribution is 5.92. The molecule has 25 heavy (non-hydrogen) atoms. The molecule has 0 aliphatic carbocycles. The standard InChI is InChI=1S/C19H30N4O2/c1-13(2)12-23(14(3)4)19(25)15-7-9-22(10-8-15)17-6-5-16(11-21-17)18(20)24/h5-6,11,13-15H,7-10,12H2,1-4H3,(H2,20,24). The molecule has 2 heterocycles. The fourth-order valence-corrected chi connectivity index (χ4v) is 3.26. The molecule has 2 N–H and O–H groups in total. The van der Waals surface area contributed by atoms with Gasteiger partial charge in [-0.05, 0) is 44.7 Å². The summed E-state index contributed by atoms with van der Waals surface area (Å²) in [6.45, 7) is 10.9. The molecule has 1 aromatic heterocycles. The molecular weight excluding hydrogens is 316 g/mol. The number of piperidine rings is 1. The maximum absolute atomic E-state index is 12.9. The van der Waals surface area contributed by atoms with Gasteiger partial charge in [0.1, 0.15) is 5.82 Å². The molecule has 6 nitrogen and oxygen atoms in total. The molecule has 6 heteroatoms. The minimum atomic E-state index is -0.470. The van der Waals surface area contributed by atoms with E-state index < -0.39 is 5.91 Å². The van der Waals surface area contributed by atoms with Gasteiger partial charge in [-0.15, -0.1) is 0 Å². The van der Waals surface area contributed by atoms with Gasteiger partial charge in [0, 0.05) is 37.8 Å². The third-order valence-corrected chi connectivity index (χ3v) is 4.67. The summed E-state index contributed by atoms with van der Waals surface area (Å²) in [4.78, 5) is 32.5. The van der Waals surface area contributed by atoms with Gasteiger partial charge in [-0.2, -0.15) is 0 Å². The van der Waals surface area contributed by atoms with Crippen molar-refractivity contribution in [2.45, 2.75) is 46.6 Å². The van der Waals surface area contributed by atoms with E-state index >= 15 is 0 Å². The minimum Gasteiger partial charge on any atom is -0.366 e. The van der Waals surface area contributed by atoms with Crippen LogP contribution in [-0.4, -0.2) is 47.4 Å². The Kier molecular flexibility index (Phi) is 6.39. The Bertz CT molecular complexity index is 590. The zero-order valence-electron chi connectivity index (χ0n) is 15.7. The normalized spacial score (nSPS) is 15.7. The summed E-state index contributed by atoms with van der Waals surface area (Å²) in [5.74, 6) is 1.20. The Morgan fingerprint density at radius 2 is 1.88 bits per heavy atom. The van der Waals surface area contributed by atoms with Gasteiger partial charge in [-0.1, -0.05) is 13.8 Å². The summed E-state index contributed by atoms with van der Waals surface area (Å²) in [5, 5.41) is 0. The average molecular weight is 346 g/mol. The molecule has 138 valence electrons. The molecule has 0 unspecified atom stereocenters. The summed E-state index contributed by atoms with van der Waals surface area (Å²) in [6, 6.07) is 3.75. The number of amides is 2. The second-order valence-corrected chi connectivity index (χ2v) is 7.51. The molecule has 1 saturated heterocycles. The third kappa shape index (κ3) is 4.94. The quantitative estimate of drug-likeness (QED) is 0.857. The molecule has 2 amide bonds. The smallest absolute Gasteiger partial charge is 0.250 e. The van der Waals surface area contributed by atoms with Gasteiger partial charge in [0.15, 0.2) is 0 Å². The van der Waals surface area contributed by atoms with Crippen molar-refractivity contribution in [1.29, 1.82) is 0 Å². The lowest BCUT2D eigenvalue weighted by Crippen LogP contribution is -2.46. The number of hydrogen-bond acceptors (Lipinski definition) is 4. The van der Waals surface area contributed by atoms with E-state index in [4.69, 9.17) is 5.73 Å². The predicted octanol–water partition coefficient (Wildman–Crippen LogP) is 2.29. The lowest BCUT2D eigenvalue weighted by molar-refractivity contribution is -0.138. The first-order chi connectivity index (χ1) is 11.8. The molecule has 0 bridgehead atoms. The Balaban J connectivity index is 1.96. The van der Waals surface area contributed by atoms with E-state index in [2.05, 4.69) is 37.6 Å². The van der Waals surface area contributed by atoms with Crippen LogP contribution in [0.1, 0.15) is 50.9 Å². The third-order valence-electron chi connectivity index (χ3n) is 4.67. The van der Waals surface area contributed by atoms with Crippen molar-refractivity contribution < 1.29 is 9.59 Å². The number of nitrogens with two attached hydrogens (primary N) is 1. The van der Waals surface area contributed by atoms with Crippen molar-refractivity contribution in [1.82, 2.24) is 9.88 Å². The van der Waals surface area contributed by atoms with Crippen LogP contribution >= 0.6 is 0 Å². The fourth-order valence-electron chi connectivity index (χ4n) is 3.26. The predicted molar refractivity (Wildman–Crippen MR) is 99.4 cm³/mol. The van der Waals surface area contributed by atoms with Gasteiger partial charge in [0.05, 0.1) is 5.56 Å². The van der Waals surface area contributed by atoms with Crippen molar-refractivity contribution in [3.8, 4) is 0 Å².